The number of hydrogen-bond donors (Lipinski definition) is 2. The van der Waals surface area contributed by atoms with E-state index in [-0.39, 0.29) is 30.6 Å². The molecule has 1 aromatic carbocycles. The summed E-state index contributed by atoms with van der Waals surface area (Å²) in [4.78, 5) is 36.9. The molecule has 2 heterocycles. The number of amides is 2. The summed E-state index contributed by atoms with van der Waals surface area (Å²) >= 11 is 0. The van der Waals surface area contributed by atoms with Gasteiger partial charge in [-0.2, -0.15) is 5.10 Å². The lowest BCUT2D eigenvalue weighted by molar-refractivity contribution is -0.137. The number of fused-ring (bicyclic) bond motifs is 1. The Morgan fingerprint density at radius 3 is 2.83 bits per heavy atom. The van der Waals surface area contributed by atoms with Crippen molar-refractivity contribution in [3.05, 3.63) is 42.1 Å². The lowest BCUT2D eigenvalue weighted by atomic mass is 9.89. The summed E-state index contributed by atoms with van der Waals surface area (Å²) in [6, 6.07) is 8.78. The number of nitrogens with zero attached hydrogens (tertiary/aromatic N) is 3. The Kier molecular flexibility index (Phi) is 4.03. The van der Waals surface area contributed by atoms with Gasteiger partial charge in [0.15, 0.2) is 5.82 Å². The summed E-state index contributed by atoms with van der Waals surface area (Å²) in [5.41, 5.74) is 1.49. The number of carboxylic acids is 1. The summed E-state index contributed by atoms with van der Waals surface area (Å²) in [5, 5.41) is 15.4. The highest BCUT2D eigenvalue weighted by Crippen LogP contribution is 2.35. The molecule has 24 heavy (non-hydrogen) atoms. The smallest absolute Gasteiger partial charge is 0.325 e. The number of rotatable bonds is 4. The van der Waals surface area contributed by atoms with Gasteiger partial charge in [-0.1, -0.05) is 18.2 Å². The molecule has 2 N–H and O–H groups in total. The topological polar surface area (TPSA) is 105 Å². The van der Waals surface area contributed by atoms with Crippen molar-refractivity contribution in [1.82, 2.24) is 9.78 Å². The van der Waals surface area contributed by atoms with E-state index in [1.165, 1.54) is 16.9 Å². The van der Waals surface area contributed by atoms with Gasteiger partial charge >= 0.3 is 5.97 Å². The van der Waals surface area contributed by atoms with Crippen molar-refractivity contribution in [3.63, 3.8) is 0 Å². The average molecular weight is 328 g/mol. The van der Waals surface area contributed by atoms with Crippen LogP contribution in [0.25, 0.3) is 0 Å². The standard InChI is InChI=1S/C16H16N4O4/c1-19-12-5-3-2-4-10(12)11(8-14(19)21)16(24)17-13-6-7-20(18-13)9-15(22)23/h2-7,11H,8-9H2,1H3,(H,22,23)(H,17,18,24)/t11-/m0/s1. The van der Waals surface area contributed by atoms with Gasteiger partial charge in [0.2, 0.25) is 11.8 Å². The Morgan fingerprint density at radius 2 is 2.08 bits per heavy atom. The zero-order valence-electron chi connectivity index (χ0n) is 13.0. The van der Waals surface area contributed by atoms with E-state index in [0.717, 1.165) is 5.56 Å². The minimum Gasteiger partial charge on any atom is -0.480 e. The van der Waals surface area contributed by atoms with Crippen LogP contribution in [-0.2, 0) is 20.9 Å². The maximum Gasteiger partial charge on any atom is 0.325 e. The Labute approximate surface area is 137 Å². The molecule has 0 bridgehead atoms. The molecule has 0 aliphatic carbocycles. The van der Waals surface area contributed by atoms with Crippen LogP contribution in [-0.4, -0.2) is 39.7 Å². The average Bonchev–Trinajstić information content (AvgIpc) is 2.97. The van der Waals surface area contributed by atoms with Gasteiger partial charge in [-0.05, 0) is 11.6 Å². The Hall–Kier alpha value is -3.16. The number of carbonyl (C=O) groups excluding carboxylic acids is 2. The van der Waals surface area contributed by atoms with Gasteiger partial charge in [-0.3, -0.25) is 19.1 Å². The number of para-hydroxylation sites is 1. The summed E-state index contributed by atoms with van der Waals surface area (Å²) in [7, 11) is 1.68. The third-order valence-electron chi connectivity index (χ3n) is 3.93. The molecule has 2 amide bonds. The van der Waals surface area contributed by atoms with Crippen molar-refractivity contribution in [3.8, 4) is 0 Å². The van der Waals surface area contributed by atoms with Crippen molar-refractivity contribution in [2.45, 2.75) is 18.9 Å². The van der Waals surface area contributed by atoms with Crippen LogP contribution < -0.4 is 10.2 Å². The van der Waals surface area contributed by atoms with Crippen LogP contribution in [0.1, 0.15) is 17.9 Å². The molecule has 1 aliphatic heterocycles. The van der Waals surface area contributed by atoms with E-state index in [9.17, 15) is 14.4 Å². The Bertz CT molecular complexity index is 814. The second kappa shape index (κ2) is 6.15. The van der Waals surface area contributed by atoms with E-state index in [1.54, 1.807) is 18.0 Å². The maximum absolute atomic E-state index is 12.6. The van der Waals surface area contributed by atoms with Crippen LogP contribution in [0.4, 0.5) is 11.5 Å². The van der Waals surface area contributed by atoms with Crippen LogP contribution in [0.5, 0.6) is 0 Å². The molecule has 0 saturated heterocycles. The molecule has 1 aliphatic rings. The zero-order chi connectivity index (χ0) is 17.3. The molecule has 2 aromatic rings. The fraction of sp³-hybridized carbons (Fsp3) is 0.250. The van der Waals surface area contributed by atoms with Crippen LogP contribution in [0.15, 0.2) is 36.5 Å². The van der Waals surface area contributed by atoms with E-state index in [0.29, 0.717) is 5.69 Å². The number of carboxylic acid groups (broad SMARTS) is 1. The monoisotopic (exact) mass is 328 g/mol. The SMILES string of the molecule is CN1C(=O)C[C@H](C(=O)Nc2ccn(CC(=O)O)n2)c2ccccc21. The summed E-state index contributed by atoms with van der Waals surface area (Å²) in [6.07, 6.45) is 1.55. The fourth-order valence-electron chi connectivity index (χ4n) is 2.75. The first kappa shape index (κ1) is 15.7. The molecule has 1 aromatic heterocycles. The normalized spacial score (nSPS) is 16.6. The second-order valence-electron chi connectivity index (χ2n) is 5.55. The number of anilines is 2. The molecule has 0 saturated carbocycles. The largest absolute Gasteiger partial charge is 0.480 e. The molecular weight excluding hydrogens is 312 g/mol. The van der Waals surface area contributed by atoms with E-state index < -0.39 is 11.9 Å². The highest BCUT2D eigenvalue weighted by Gasteiger charge is 2.33. The molecule has 3 rings (SSSR count). The van der Waals surface area contributed by atoms with Crippen molar-refractivity contribution in [1.29, 1.82) is 0 Å². The molecule has 0 fully saturated rings. The van der Waals surface area contributed by atoms with Gasteiger partial charge in [-0.25, -0.2) is 0 Å². The number of aliphatic carboxylic acids is 1. The number of nitrogens with one attached hydrogen (secondary N) is 1. The second-order valence-corrected chi connectivity index (χ2v) is 5.55. The maximum atomic E-state index is 12.6. The molecule has 0 spiro atoms. The summed E-state index contributed by atoms with van der Waals surface area (Å²) in [6.45, 7) is -0.286. The van der Waals surface area contributed by atoms with Crippen LogP contribution in [0, 0.1) is 0 Å². The minimum atomic E-state index is -1.02. The predicted molar refractivity (Wildman–Crippen MR) is 85.7 cm³/mol. The first-order chi connectivity index (χ1) is 11.5. The van der Waals surface area contributed by atoms with Crippen molar-refractivity contribution in [2.75, 3.05) is 17.3 Å². The number of hydrogen-bond acceptors (Lipinski definition) is 4. The van der Waals surface area contributed by atoms with Crippen LogP contribution >= 0.6 is 0 Å². The van der Waals surface area contributed by atoms with E-state index in [4.69, 9.17) is 5.11 Å². The van der Waals surface area contributed by atoms with Crippen molar-refractivity contribution in [2.24, 2.45) is 0 Å². The Morgan fingerprint density at radius 1 is 1.33 bits per heavy atom. The fourth-order valence-corrected chi connectivity index (χ4v) is 2.75. The Balaban J connectivity index is 1.80. The molecule has 0 unspecified atom stereocenters. The van der Waals surface area contributed by atoms with Crippen molar-refractivity contribution >= 4 is 29.3 Å². The highest BCUT2D eigenvalue weighted by molar-refractivity contribution is 6.05. The zero-order valence-corrected chi connectivity index (χ0v) is 13.0. The summed E-state index contributed by atoms with van der Waals surface area (Å²) < 4.78 is 1.21. The van der Waals surface area contributed by atoms with Gasteiger partial charge in [0.25, 0.3) is 0 Å². The number of aromatic nitrogens is 2. The first-order valence-corrected chi connectivity index (χ1v) is 7.37. The quantitative estimate of drug-likeness (QED) is 0.873. The molecule has 1 atom stereocenters. The summed E-state index contributed by atoms with van der Waals surface area (Å²) in [5.74, 6) is -1.85. The number of benzene rings is 1. The van der Waals surface area contributed by atoms with Gasteiger partial charge in [0, 0.05) is 31.4 Å². The van der Waals surface area contributed by atoms with Crippen molar-refractivity contribution < 1.29 is 19.5 Å². The molecular formula is C16H16N4O4. The van der Waals surface area contributed by atoms with E-state index in [1.807, 2.05) is 18.2 Å². The van der Waals surface area contributed by atoms with E-state index in [2.05, 4.69) is 10.4 Å². The molecule has 0 radical (unpaired) electrons. The van der Waals surface area contributed by atoms with E-state index >= 15 is 0 Å². The lowest BCUT2D eigenvalue weighted by Crippen LogP contribution is -2.37. The van der Waals surface area contributed by atoms with Gasteiger partial charge in [-0.15, -0.1) is 0 Å². The number of carbonyl (C=O) groups is 3. The van der Waals surface area contributed by atoms with Gasteiger partial charge in [0.1, 0.15) is 6.54 Å². The predicted octanol–water partition coefficient (Wildman–Crippen LogP) is 1.06. The lowest BCUT2D eigenvalue weighted by Gasteiger charge is -2.30. The highest BCUT2D eigenvalue weighted by atomic mass is 16.4. The molecule has 8 nitrogen and oxygen atoms in total. The third-order valence-corrected chi connectivity index (χ3v) is 3.93. The van der Waals surface area contributed by atoms with Gasteiger partial charge in [0.05, 0.1) is 5.92 Å². The van der Waals surface area contributed by atoms with Crippen LogP contribution in [0.3, 0.4) is 0 Å². The third kappa shape index (κ3) is 2.98. The minimum absolute atomic E-state index is 0.0786. The first-order valence-electron chi connectivity index (χ1n) is 7.37. The molecule has 124 valence electrons. The van der Waals surface area contributed by atoms with Gasteiger partial charge < -0.3 is 15.3 Å². The molecule has 8 heteroatoms. The van der Waals surface area contributed by atoms with Crippen LogP contribution in [0.2, 0.25) is 0 Å².